The van der Waals surface area contributed by atoms with Crippen molar-refractivity contribution in [3.63, 3.8) is 0 Å². The Balaban J connectivity index is 0. The lowest BCUT2D eigenvalue weighted by Gasteiger charge is -1.96. The second-order valence-electron chi connectivity index (χ2n) is 1.97. The van der Waals surface area contributed by atoms with Crippen LogP contribution in [0.4, 0.5) is 0 Å². The summed E-state index contributed by atoms with van der Waals surface area (Å²) in [4.78, 5) is 19.3. The van der Waals surface area contributed by atoms with E-state index in [0.29, 0.717) is 6.42 Å². The minimum Gasteiger partial charge on any atom is -0.481 e. The quantitative estimate of drug-likeness (QED) is 0.375. The molecule has 13 heavy (non-hydrogen) atoms. The van der Waals surface area contributed by atoms with Gasteiger partial charge in [-0.3, -0.25) is 4.79 Å². The number of carbonyl (C=O) groups excluding carboxylic acids is 1. The van der Waals surface area contributed by atoms with Gasteiger partial charge in [0.2, 0.25) is 0 Å². The number of hydrogen-bond donors (Lipinski definition) is 2. The maximum atomic E-state index is 10.3. The Bertz CT molecular complexity index is 160. The molecule has 0 saturated carbocycles. The first-order valence-electron chi connectivity index (χ1n) is 3.64. The van der Waals surface area contributed by atoms with Gasteiger partial charge in [-0.05, 0) is 0 Å². The number of carboxylic acids is 1. The summed E-state index contributed by atoms with van der Waals surface area (Å²) in [6.07, 6.45) is 1.58. The lowest BCUT2D eigenvalue weighted by Crippen LogP contribution is -2.02. The topological polar surface area (TPSA) is 83.8 Å². The second-order valence-corrected chi connectivity index (χ2v) is 1.97. The number of carbonyl (C=O) groups is 2. The molecule has 0 unspecified atom stereocenters. The molecule has 5 heteroatoms. The monoisotopic (exact) mass is 190 g/mol. The Morgan fingerprint density at radius 3 is 2.31 bits per heavy atom. The third-order valence-electron chi connectivity index (χ3n) is 0.713. The highest BCUT2D eigenvalue weighted by molar-refractivity contribution is 5.81. The number of carboxylic acid groups (broad SMARTS) is 1. The van der Waals surface area contributed by atoms with Crippen molar-refractivity contribution in [3.05, 3.63) is 12.7 Å². The molecule has 0 saturated heterocycles. The third-order valence-corrected chi connectivity index (χ3v) is 0.713. The number of rotatable bonds is 4. The average Bonchev–Trinajstić information content (AvgIpc) is 2.03. The number of esters is 1. The van der Waals surface area contributed by atoms with E-state index in [9.17, 15) is 4.79 Å². The minimum atomic E-state index is -0.833. The molecule has 0 bridgehead atoms. The maximum Gasteiger partial charge on any atom is 0.330 e. The predicted octanol–water partition coefficient (Wildman–Crippen LogP) is 0.189. The summed E-state index contributed by atoms with van der Waals surface area (Å²) in [6, 6.07) is 0. The molecule has 0 rings (SSSR count). The number of aliphatic carboxylic acids is 1. The first kappa shape index (κ1) is 14.2. The van der Waals surface area contributed by atoms with Gasteiger partial charge in [-0.1, -0.05) is 6.58 Å². The van der Waals surface area contributed by atoms with E-state index in [1.54, 1.807) is 0 Å². The first-order chi connectivity index (χ1) is 6.04. The van der Waals surface area contributed by atoms with E-state index in [1.165, 1.54) is 0 Å². The van der Waals surface area contributed by atoms with E-state index in [4.69, 9.17) is 15.0 Å². The molecule has 0 spiro atoms. The number of ether oxygens (including phenoxy) is 1. The van der Waals surface area contributed by atoms with E-state index < -0.39 is 11.9 Å². The van der Waals surface area contributed by atoms with E-state index in [2.05, 4.69) is 11.3 Å². The van der Waals surface area contributed by atoms with Crippen molar-refractivity contribution in [1.82, 2.24) is 0 Å². The minimum absolute atomic E-state index is 0.0461. The van der Waals surface area contributed by atoms with Crippen molar-refractivity contribution in [2.24, 2.45) is 0 Å². The van der Waals surface area contributed by atoms with Gasteiger partial charge in [0.1, 0.15) is 0 Å². The Hall–Kier alpha value is -1.36. The van der Waals surface area contributed by atoms with Crippen molar-refractivity contribution >= 4 is 11.9 Å². The standard InChI is InChI=1S/C6H10O3.C2H4O2/c1-2-6(8)9-5-3-4-7;1-2(3)4/h2,7H,1,3-5H2;1H3,(H,3,4). The Labute approximate surface area is 76.6 Å². The fourth-order valence-electron chi connectivity index (χ4n) is 0.296. The summed E-state index contributed by atoms with van der Waals surface area (Å²) in [5, 5.41) is 15.7. The van der Waals surface area contributed by atoms with Crippen LogP contribution in [-0.2, 0) is 14.3 Å². The summed E-state index contributed by atoms with van der Waals surface area (Å²) in [5.74, 6) is -1.27. The van der Waals surface area contributed by atoms with Crippen LogP contribution >= 0.6 is 0 Å². The van der Waals surface area contributed by atoms with Gasteiger partial charge in [-0.25, -0.2) is 4.79 Å². The highest BCUT2D eigenvalue weighted by atomic mass is 16.5. The zero-order chi connectivity index (χ0) is 10.7. The summed E-state index contributed by atoms with van der Waals surface area (Å²) in [6.45, 7) is 4.60. The molecule has 5 nitrogen and oxygen atoms in total. The summed E-state index contributed by atoms with van der Waals surface area (Å²) in [7, 11) is 0. The number of aliphatic hydroxyl groups is 1. The van der Waals surface area contributed by atoms with Gasteiger partial charge >= 0.3 is 5.97 Å². The molecule has 0 amide bonds. The Morgan fingerprint density at radius 2 is 2.00 bits per heavy atom. The fraction of sp³-hybridized carbons (Fsp3) is 0.500. The highest BCUT2D eigenvalue weighted by Gasteiger charge is 1.91. The van der Waals surface area contributed by atoms with Crippen LogP contribution in [0.2, 0.25) is 0 Å². The molecule has 0 aromatic carbocycles. The number of aliphatic hydroxyl groups excluding tert-OH is 1. The van der Waals surface area contributed by atoms with Crippen LogP contribution in [0.1, 0.15) is 13.3 Å². The zero-order valence-corrected chi connectivity index (χ0v) is 7.52. The van der Waals surface area contributed by atoms with Crippen molar-refractivity contribution < 1.29 is 24.5 Å². The van der Waals surface area contributed by atoms with E-state index in [0.717, 1.165) is 13.0 Å². The molecule has 76 valence electrons. The summed E-state index contributed by atoms with van der Waals surface area (Å²) >= 11 is 0. The molecule has 0 fully saturated rings. The fourth-order valence-corrected chi connectivity index (χ4v) is 0.296. The highest BCUT2D eigenvalue weighted by Crippen LogP contribution is 1.82. The lowest BCUT2D eigenvalue weighted by atomic mass is 10.5. The molecular formula is C8H14O5. The molecule has 2 N–H and O–H groups in total. The molecule has 0 aliphatic rings. The van der Waals surface area contributed by atoms with Crippen LogP contribution < -0.4 is 0 Å². The van der Waals surface area contributed by atoms with Gasteiger partial charge in [0, 0.05) is 26.0 Å². The molecule has 0 aromatic rings. The maximum absolute atomic E-state index is 10.3. The van der Waals surface area contributed by atoms with Crippen LogP contribution in [0.5, 0.6) is 0 Å². The van der Waals surface area contributed by atoms with Crippen LogP contribution in [0.15, 0.2) is 12.7 Å². The van der Waals surface area contributed by atoms with E-state index >= 15 is 0 Å². The third kappa shape index (κ3) is 25.0. The van der Waals surface area contributed by atoms with Crippen molar-refractivity contribution in [2.75, 3.05) is 13.2 Å². The SMILES string of the molecule is C=CC(=O)OCCCO.CC(=O)O. The summed E-state index contributed by atoms with van der Waals surface area (Å²) < 4.78 is 4.51. The largest absolute Gasteiger partial charge is 0.481 e. The van der Waals surface area contributed by atoms with Crippen molar-refractivity contribution in [3.8, 4) is 0 Å². The van der Waals surface area contributed by atoms with Crippen molar-refractivity contribution in [2.45, 2.75) is 13.3 Å². The van der Waals surface area contributed by atoms with Crippen LogP contribution in [0.25, 0.3) is 0 Å². The van der Waals surface area contributed by atoms with Gasteiger partial charge in [0.25, 0.3) is 5.97 Å². The van der Waals surface area contributed by atoms with Gasteiger partial charge < -0.3 is 14.9 Å². The normalized spacial score (nSPS) is 7.85. The van der Waals surface area contributed by atoms with Gasteiger partial charge in [-0.15, -0.1) is 0 Å². The Kier molecular flexibility index (Phi) is 11.6. The van der Waals surface area contributed by atoms with Crippen molar-refractivity contribution in [1.29, 1.82) is 0 Å². The molecule has 0 aliphatic heterocycles. The molecule has 0 atom stereocenters. The number of hydrogen-bond acceptors (Lipinski definition) is 4. The van der Waals surface area contributed by atoms with Crippen LogP contribution in [0, 0.1) is 0 Å². The van der Waals surface area contributed by atoms with Crippen LogP contribution in [-0.4, -0.2) is 35.4 Å². The smallest absolute Gasteiger partial charge is 0.330 e. The molecular weight excluding hydrogens is 176 g/mol. The van der Waals surface area contributed by atoms with Crippen LogP contribution in [0.3, 0.4) is 0 Å². The predicted molar refractivity (Wildman–Crippen MR) is 46.2 cm³/mol. The van der Waals surface area contributed by atoms with E-state index in [1.807, 2.05) is 0 Å². The zero-order valence-electron chi connectivity index (χ0n) is 7.52. The molecule has 0 aromatic heterocycles. The van der Waals surface area contributed by atoms with E-state index in [-0.39, 0.29) is 13.2 Å². The molecule has 0 heterocycles. The second kappa shape index (κ2) is 10.6. The first-order valence-corrected chi connectivity index (χ1v) is 3.64. The van der Waals surface area contributed by atoms with Gasteiger partial charge in [-0.2, -0.15) is 0 Å². The summed E-state index contributed by atoms with van der Waals surface area (Å²) in [5.41, 5.74) is 0. The van der Waals surface area contributed by atoms with Gasteiger partial charge in [0.15, 0.2) is 0 Å². The molecule has 0 radical (unpaired) electrons. The van der Waals surface area contributed by atoms with Gasteiger partial charge in [0.05, 0.1) is 6.61 Å². The Morgan fingerprint density at radius 1 is 1.54 bits per heavy atom. The average molecular weight is 190 g/mol. The lowest BCUT2D eigenvalue weighted by molar-refractivity contribution is -0.138. The molecule has 0 aliphatic carbocycles.